The summed E-state index contributed by atoms with van der Waals surface area (Å²) in [6.07, 6.45) is 0.746. The molecule has 1 fully saturated rings. The van der Waals surface area contributed by atoms with E-state index in [4.69, 9.17) is 0 Å². The zero-order valence-electron chi connectivity index (χ0n) is 15.7. The van der Waals surface area contributed by atoms with Crippen molar-refractivity contribution in [2.45, 2.75) is 57.6 Å². The van der Waals surface area contributed by atoms with Gasteiger partial charge in [-0.05, 0) is 62.3 Å². The van der Waals surface area contributed by atoms with Gasteiger partial charge in [0.05, 0.1) is 15.9 Å². The fourth-order valence-electron chi connectivity index (χ4n) is 3.38. The zero-order valence-corrected chi connectivity index (χ0v) is 17.4. The molecule has 0 aliphatic carbocycles. The third-order valence-electron chi connectivity index (χ3n) is 4.88. The van der Waals surface area contributed by atoms with Gasteiger partial charge in [-0.1, -0.05) is 19.9 Å². The highest BCUT2D eigenvalue weighted by molar-refractivity contribution is 7.92. The highest BCUT2D eigenvalue weighted by atomic mass is 32.2. The van der Waals surface area contributed by atoms with Crippen LogP contribution in [0.5, 0.6) is 0 Å². The van der Waals surface area contributed by atoms with Crippen LogP contribution in [0, 0.1) is 26.7 Å². The smallest absolute Gasteiger partial charge is 0.229 e. The van der Waals surface area contributed by atoms with Crippen LogP contribution >= 0.6 is 0 Å². The number of hydrogen-bond acceptors (Lipinski definition) is 4. The minimum Gasteiger partial charge on any atom is -0.229 e. The lowest BCUT2D eigenvalue weighted by Gasteiger charge is -2.31. The molecule has 0 saturated carbocycles. The van der Waals surface area contributed by atoms with Crippen LogP contribution in [0.2, 0.25) is 0 Å². The van der Waals surface area contributed by atoms with Crippen molar-refractivity contribution in [2.24, 2.45) is 5.92 Å². The Hall–Kier alpha value is -0.920. The fourth-order valence-corrected chi connectivity index (χ4v) is 7.27. The van der Waals surface area contributed by atoms with Crippen LogP contribution in [0.3, 0.4) is 0 Å². The first-order chi connectivity index (χ1) is 11.4. The number of hydrogen-bond donors (Lipinski definition) is 0. The molecule has 0 bridgehead atoms. The lowest BCUT2D eigenvalue weighted by molar-refractivity contribution is 0.345. The predicted octanol–water partition coefficient (Wildman–Crippen LogP) is 2.84. The Balaban J connectivity index is 2.19. The summed E-state index contributed by atoms with van der Waals surface area (Å²) in [6, 6.07) is 3.61. The first-order valence-electron chi connectivity index (χ1n) is 8.74. The minimum absolute atomic E-state index is 0.0879. The summed E-state index contributed by atoms with van der Waals surface area (Å²) in [4.78, 5) is 0.332. The standard InChI is InChI=1S/C18H29NO4S2/c1-13(2)12-24(20,21)17-6-8-19(9-7-17)25(22,23)18-11-15(4)14(3)10-16(18)5/h10-11,13,17H,6-9,12H2,1-5H3. The molecule has 142 valence electrons. The van der Waals surface area contributed by atoms with Crippen molar-refractivity contribution in [1.82, 2.24) is 4.31 Å². The van der Waals surface area contributed by atoms with Crippen LogP contribution in [-0.4, -0.2) is 45.2 Å². The molecule has 7 heteroatoms. The Morgan fingerprint density at radius 2 is 1.48 bits per heavy atom. The molecule has 1 aliphatic rings. The van der Waals surface area contributed by atoms with E-state index in [1.807, 2.05) is 33.8 Å². The van der Waals surface area contributed by atoms with Gasteiger partial charge in [0.1, 0.15) is 0 Å². The van der Waals surface area contributed by atoms with E-state index in [0.717, 1.165) is 16.7 Å². The van der Waals surface area contributed by atoms with Gasteiger partial charge in [-0.2, -0.15) is 4.31 Å². The molecule has 1 heterocycles. The molecule has 1 aromatic carbocycles. The van der Waals surface area contributed by atoms with Gasteiger partial charge in [0.15, 0.2) is 9.84 Å². The van der Waals surface area contributed by atoms with Crippen LogP contribution in [0.15, 0.2) is 17.0 Å². The Bertz CT molecular complexity index is 834. The summed E-state index contributed by atoms with van der Waals surface area (Å²) >= 11 is 0. The Morgan fingerprint density at radius 1 is 0.960 bits per heavy atom. The summed E-state index contributed by atoms with van der Waals surface area (Å²) in [5.74, 6) is 0.255. The second-order valence-electron chi connectivity index (χ2n) is 7.53. The second kappa shape index (κ2) is 7.37. The SMILES string of the molecule is Cc1cc(C)c(S(=O)(=O)N2CCC(S(=O)(=O)CC(C)C)CC2)cc1C. The van der Waals surface area contributed by atoms with E-state index in [-0.39, 0.29) is 24.8 Å². The van der Waals surface area contributed by atoms with Crippen molar-refractivity contribution >= 4 is 19.9 Å². The molecule has 0 radical (unpaired) electrons. The van der Waals surface area contributed by atoms with E-state index in [1.54, 1.807) is 13.0 Å². The number of sulfonamides is 1. The summed E-state index contributed by atoms with van der Waals surface area (Å²) in [5.41, 5.74) is 2.74. The zero-order chi connectivity index (χ0) is 19.0. The molecular formula is C18H29NO4S2. The summed E-state index contributed by atoms with van der Waals surface area (Å²) < 4.78 is 52.2. The van der Waals surface area contributed by atoms with Crippen molar-refractivity contribution in [3.63, 3.8) is 0 Å². The van der Waals surface area contributed by atoms with Crippen molar-refractivity contribution in [3.8, 4) is 0 Å². The van der Waals surface area contributed by atoms with E-state index >= 15 is 0 Å². The fraction of sp³-hybridized carbons (Fsp3) is 0.667. The van der Waals surface area contributed by atoms with E-state index in [2.05, 4.69) is 0 Å². The van der Waals surface area contributed by atoms with Gasteiger partial charge in [0, 0.05) is 13.1 Å². The quantitative estimate of drug-likeness (QED) is 0.779. The van der Waals surface area contributed by atoms with Gasteiger partial charge in [0.2, 0.25) is 10.0 Å². The number of benzene rings is 1. The molecule has 0 atom stereocenters. The molecule has 0 aromatic heterocycles. The highest BCUT2D eigenvalue weighted by Gasteiger charge is 2.35. The molecule has 1 saturated heterocycles. The number of aryl methyl sites for hydroxylation is 3. The van der Waals surface area contributed by atoms with Crippen LogP contribution in [0.1, 0.15) is 43.4 Å². The first-order valence-corrected chi connectivity index (χ1v) is 11.9. The molecular weight excluding hydrogens is 358 g/mol. The number of sulfone groups is 1. The molecule has 1 aliphatic heterocycles. The van der Waals surface area contributed by atoms with Crippen LogP contribution in [-0.2, 0) is 19.9 Å². The van der Waals surface area contributed by atoms with Crippen molar-refractivity contribution in [3.05, 3.63) is 28.8 Å². The largest absolute Gasteiger partial charge is 0.243 e. The Kier molecular flexibility index (Phi) is 6.01. The molecule has 0 unspecified atom stereocenters. The van der Waals surface area contributed by atoms with E-state index in [0.29, 0.717) is 17.7 Å². The maximum Gasteiger partial charge on any atom is 0.243 e. The van der Waals surface area contributed by atoms with Gasteiger partial charge in [-0.25, -0.2) is 16.8 Å². The summed E-state index contributed by atoms with van der Waals surface area (Å²) in [6.45, 7) is 9.97. The van der Waals surface area contributed by atoms with Crippen LogP contribution in [0.4, 0.5) is 0 Å². The topological polar surface area (TPSA) is 71.5 Å². The van der Waals surface area contributed by atoms with Crippen molar-refractivity contribution in [1.29, 1.82) is 0 Å². The molecule has 2 rings (SSSR count). The van der Waals surface area contributed by atoms with Crippen LogP contribution < -0.4 is 0 Å². The third kappa shape index (κ3) is 4.44. The normalized spacial score (nSPS) is 18.0. The van der Waals surface area contributed by atoms with Gasteiger partial charge in [-0.15, -0.1) is 0 Å². The highest BCUT2D eigenvalue weighted by Crippen LogP contribution is 2.28. The second-order valence-corrected chi connectivity index (χ2v) is 11.8. The number of rotatable bonds is 5. The summed E-state index contributed by atoms with van der Waals surface area (Å²) in [5, 5.41) is -0.429. The number of nitrogens with zero attached hydrogens (tertiary/aromatic N) is 1. The van der Waals surface area contributed by atoms with E-state index in [9.17, 15) is 16.8 Å². The Labute approximate surface area is 152 Å². The maximum atomic E-state index is 13.0. The first kappa shape index (κ1) is 20.4. The maximum absolute atomic E-state index is 13.0. The van der Waals surface area contributed by atoms with Gasteiger partial charge < -0.3 is 0 Å². The van der Waals surface area contributed by atoms with Crippen molar-refractivity contribution in [2.75, 3.05) is 18.8 Å². The predicted molar refractivity (Wildman–Crippen MR) is 101 cm³/mol. The average molecular weight is 388 g/mol. The van der Waals surface area contributed by atoms with Gasteiger partial charge in [0.25, 0.3) is 0 Å². The molecule has 1 aromatic rings. The van der Waals surface area contributed by atoms with E-state index in [1.165, 1.54) is 4.31 Å². The van der Waals surface area contributed by atoms with Crippen molar-refractivity contribution < 1.29 is 16.8 Å². The lowest BCUT2D eigenvalue weighted by Crippen LogP contribution is -2.43. The molecule has 0 amide bonds. The van der Waals surface area contributed by atoms with Gasteiger partial charge >= 0.3 is 0 Å². The lowest BCUT2D eigenvalue weighted by atomic mass is 10.1. The summed E-state index contributed by atoms with van der Waals surface area (Å²) in [7, 11) is -6.74. The Morgan fingerprint density at radius 3 is 2.00 bits per heavy atom. The molecule has 0 N–H and O–H groups in total. The minimum atomic E-state index is -3.59. The third-order valence-corrected chi connectivity index (χ3v) is 9.54. The average Bonchev–Trinajstić information content (AvgIpc) is 2.49. The monoisotopic (exact) mass is 387 g/mol. The number of piperidine rings is 1. The van der Waals surface area contributed by atoms with E-state index < -0.39 is 25.1 Å². The molecule has 25 heavy (non-hydrogen) atoms. The van der Waals surface area contributed by atoms with Gasteiger partial charge in [-0.3, -0.25) is 0 Å². The molecule has 0 spiro atoms. The molecule has 5 nitrogen and oxygen atoms in total. The van der Waals surface area contributed by atoms with Crippen LogP contribution in [0.25, 0.3) is 0 Å².